The van der Waals surface area contributed by atoms with Crippen molar-refractivity contribution in [2.45, 2.75) is 58.4 Å². The molecule has 0 amide bonds. The third-order valence-corrected chi connectivity index (χ3v) is 5.04. The highest BCUT2D eigenvalue weighted by molar-refractivity contribution is 4.91. The maximum Gasteiger partial charge on any atom is 0.0124 e. The SMILES string of the molecule is CCC(C)(CN)CN1CCCC2CCCC21. The molecular weight excluding hydrogens is 196 g/mol. The fourth-order valence-corrected chi connectivity index (χ4v) is 3.56. The van der Waals surface area contributed by atoms with Gasteiger partial charge in [-0.15, -0.1) is 0 Å². The van der Waals surface area contributed by atoms with Gasteiger partial charge in [0, 0.05) is 12.6 Å². The number of hydrogen-bond acceptors (Lipinski definition) is 2. The van der Waals surface area contributed by atoms with Crippen LogP contribution in [0.3, 0.4) is 0 Å². The Labute approximate surface area is 101 Å². The topological polar surface area (TPSA) is 29.3 Å². The molecule has 16 heavy (non-hydrogen) atoms. The van der Waals surface area contributed by atoms with Gasteiger partial charge in [-0.2, -0.15) is 0 Å². The van der Waals surface area contributed by atoms with Gasteiger partial charge in [-0.05, 0) is 56.5 Å². The van der Waals surface area contributed by atoms with Crippen LogP contribution < -0.4 is 5.73 Å². The van der Waals surface area contributed by atoms with Gasteiger partial charge in [-0.25, -0.2) is 0 Å². The summed E-state index contributed by atoms with van der Waals surface area (Å²) in [5.74, 6) is 1.01. The van der Waals surface area contributed by atoms with Crippen LogP contribution in [0.4, 0.5) is 0 Å². The van der Waals surface area contributed by atoms with E-state index >= 15 is 0 Å². The molecule has 94 valence electrons. The van der Waals surface area contributed by atoms with Crippen molar-refractivity contribution in [3.8, 4) is 0 Å². The van der Waals surface area contributed by atoms with E-state index in [-0.39, 0.29) is 0 Å². The lowest BCUT2D eigenvalue weighted by Crippen LogP contribution is -2.49. The zero-order valence-corrected chi connectivity index (χ0v) is 11.0. The molecule has 0 aromatic rings. The number of fused-ring (bicyclic) bond motifs is 1. The van der Waals surface area contributed by atoms with Crippen molar-refractivity contribution in [2.75, 3.05) is 19.6 Å². The second-order valence-corrected chi connectivity index (χ2v) is 6.24. The summed E-state index contributed by atoms with van der Waals surface area (Å²) in [4.78, 5) is 2.76. The lowest BCUT2D eigenvalue weighted by Gasteiger charge is -2.42. The Morgan fingerprint density at radius 2 is 2.00 bits per heavy atom. The molecule has 1 aliphatic carbocycles. The second-order valence-electron chi connectivity index (χ2n) is 6.24. The fraction of sp³-hybridized carbons (Fsp3) is 1.00. The quantitative estimate of drug-likeness (QED) is 0.795. The Bertz CT molecular complexity index is 223. The molecule has 2 heteroatoms. The van der Waals surface area contributed by atoms with E-state index in [9.17, 15) is 0 Å². The molecule has 1 saturated carbocycles. The van der Waals surface area contributed by atoms with Crippen LogP contribution in [0.1, 0.15) is 52.4 Å². The van der Waals surface area contributed by atoms with Crippen LogP contribution in [0.25, 0.3) is 0 Å². The van der Waals surface area contributed by atoms with Crippen LogP contribution >= 0.6 is 0 Å². The molecule has 0 aromatic heterocycles. The molecule has 2 fully saturated rings. The normalized spacial score (nSPS) is 34.7. The third-order valence-electron chi connectivity index (χ3n) is 5.04. The predicted molar refractivity (Wildman–Crippen MR) is 69.4 cm³/mol. The summed E-state index contributed by atoms with van der Waals surface area (Å²) < 4.78 is 0. The first kappa shape index (κ1) is 12.4. The van der Waals surface area contributed by atoms with Gasteiger partial charge in [0.05, 0.1) is 0 Å². The van der Waals surface area contributed by atoms with E-state index in [0.717, 1.165) is 18.5 Å². The summed E-state index contributed by atoms with van der Waals surface area (Å²) in [5, 5.41) is 0. The number of hydrogen-bond donors (Lipinski definition) is 1. The molecule has 0 radical (unpaired) electrons. The van der Waals surface area contributed by atoms with Crippen LogP contribution in [0, 0.1) is 11.3 Å². The van der Waals surface area contributed by atoms with Crippen molar-refractivity contribution < 1.29 is 0 Å². The average Bonchev–Trinajstić information content (AvgIpc) is 2.78. The zero-order valence-electron chi connectivity index (χ0n) is 11.0. The monoisotopic (exact) mass is 224 g/mol. The van der Waals surface area contributed by atoms with Gasteiger partial charge in [0.25, 0.3) is 0 Å². The first-order chi connectivity index (χ1) is 7.68. The van der Waals surface area contributed by atoms with Crippen molar-refractivity contribution in [3.63, 3.8) is 0 Å². The fourth-order valence-electron chi connectivity index (χ4n) is 3.56. The predicted octanol–water partition coefficient (Wildman–Crippen LogP) is 2.63. The van der Waals surface area contributed by atoms with Gasteiger partial charge in [0.1, 0.15) is 0 Å². The molecule has 2 nitrogen and oxygen atoms in total. The van der Waals surface area contributed by atoms with E-state index in [1.165, 1.54) is 51.6 Å². The van der Waals surface area contributed by atoms with E-state index in [0.29, 0.717) is 5.41 Å². The minimum Gasteiger partial charge on any atom is -0.330 e. The lowest BCUT2D eigenvalue weighted by molar-refractivity contribution is 0.0663. The van der Waals surface area contributed by atoms with Gasteiger partial charge in [-0.3, -0.25) is 4.90 Å². The van der Waals surface area contributed by atoms with E-state index in [1.807, 2.05) is 0 Å². The second kappa shape index (κ2) is 5.05. The molecule has 0 aromatic carbocycles. The third kappa shape index (κ3) is 2.43. The summed E-state index contributed by atoms with van der Waals surface area (Å²) >= 11 is 0. The number of likely N-dealkylation sites (tertiary alicyclic amines) is 1. The molecular formula is C14H28N2. The molecule has 2 N–H and O–H groups in total. The van der Waals surface area contributed by atoms with Gasteiger partial charge in [0.2, 0.25) is 0 Å². The Morgan fingerprint density at radius 1 is 1.25 bits per heavy atom. The van der Waals surface area contributed by atoms with Gasteiger partial charge in [-0.1, -0.05) is 20.3 Å². The maximum atomic E-state index is 5.95. The summed E-state index contributed by atoms with van der Waals surface area (Å²) in [6.45, 7) is 8.00. The molecule has 1 saturated heterocycles. The molecule has 2 aliphatic rings. The highest BCUT2D eigenvalue weighted by Gasteiger charge is 2.37. The molecule has 2 rings (SSSR count). The van der Waals surface area contributed by atoms with E-state index < -0.39 is 0 Å². The van der Waals surface area contributed by atoms with E-state index in [4.69, 9.17) is 5.73 Å². The first-order valence-electron chi connectivity index (χ1n) is 7.12. The Morgan fingerprint density at radius 3 is 2.69 bits per heavy atom. The summed E-state index contributed by atoms with van der Waals surface area (Å²) in [6, 6.07) is 0.895. The molecule has 1 aliphatic heterocycles. The van der Waals surface area contributed by atoms with Crippen LogP contribution in [-0.2, 0) is 0 Å². The Hall–Kier alpha value is -0.0800. The molecule has 1 heterocycles. The van der Waals surface area contributed by atoms with Crippen molar-refractivity contribution in [3.05, 3.63) is 0 Å². The largest absolute Gasteiger partial charge is 0.330 e. The molecule has 0 spiro atoms. The molecule has 0 bridgehead atoms. The number of nitrogens with two attached hydrogens (primary N) is 1. The van der Waals surface area contributed by atoms with Crippen molar-refractivity contribution >= 4 is 0 Å². The van der Waals surface area contributed by atoms with Gasteiger partial charge >= 0.3 is 0 Å². The highest BCUT2D eigenvalue weighted by Crippen LogP contribution is 2.38. The number of nitrogens with zero attached hydrogens (tertiary/aromatic N) is 1. The van der Waals surface area contributed by atoms with Crippen LogP contribution in [0.15, 0.2) is 0 Å². The number of piperidine rings is 1. The molecule has 3 unspecified atom stereocenters. The lowest BCUT2D eigenvalue weighted by atomic mass is 9.84. The van der Waals surface area contributed by atoms with Gasteiger partial charge < -0.3 is 5.73 Å². The maximum absolute atomic E-state index is 5.95. The summed E-state index contributed by atoms with van der Waals surface area (Å²) in [6.07, 6.45) is 8.47. The Kier molecular flexibility index (Phi) is 3.91. The summed E-state index contributed by atoms with van der Waals surface area (Å²) in [5.41, 5.74) is 6.28. The van der Waals surface area contributed by atoms with Crippen molar-refractivity contribution in [2.24, 2.45) is 17.1 Å². The smallest absolute Gasteiger partial charge is 0.0124 e. The van der Waals surface area contributed by atoms with E-state index in [1.54, 1.807) is 0 Å². The first-order valence-corrected chi connectivity index (χ1v) is 7.12. The summed E-state index contributed by atoms with van der Waals surface area (Å²) in [7, 11) is 0. The van der Waals surface area contributed by atoms with Crippen LogP contribution in [-0.4, -0.2) is 30.6 Å². The standard InChI is InChI=1S/C14H28N2/c1-3-14(2,10-15)11-16-9-5-7-12-6-4-8-13(12)16/h12-13H,3-11,15H2,1-2H3. The van der Waals surface area contributed by atoms with Crippen LogP contribution in [0.2, 0.25) is 0 Å². The Balaban J connectivity index is 1.97. The van der Waals surface area contributed by atoms with Crippen LogP contribution in [0.5, 0.6) is 0 Å². The van der Waals surface area contributed by atoms with Crippen molar-refractivity contribution in [1.82, 2.24) is 4.90 Å². The highest BCUT2D eigenvalue weighted by atomic mass is 15.2. The minimum atomic E-state index is 0.338. The molecule has 3 atom stereocenters. The minimum absolute atomic E-state index is 0.338. The number of rotatable bonds is 4. The average molecular weight is 224 g/mol. The van der Waals surface area contributed by atoms with E-state index in [2.05, 4.69) is 18.7 Å². The van der Waals surface area contributed by atoms with Crippen molar-refractivity contribution in [1.29, 1.82) is 0 Å². The zero-order chi connectivity index (χ0) is 11.6. The van der Waals surface area contributed by atoms with Gasteiger partial charge in [0.15, 0.2) is 0 Å².